The maximum atomic E-state index is 12.4. The normalized spacial score (nSPS) is 29.0. The van der Waals surface area contributed by atoms with Gasteiger partial charge in [-0.05, 0) is 31.6 Å². The van der Waals surface area contributed by atoms with Gasteiger partial charge in [-0.15, -0.1) is 0 Å². The van der Waals surface area contributed by atoms with Crippen molar-refractivity contribution < 1.29 is 14.3 Å². The molecule has 2 aliphatic heterocycles. The van der Waals surface area contributed by atoms with Crippen LogP contribution in [0.2, 0.25) is 0 Å². The maximum Gasteiger partial charge on any atom is 0.337 e. The van der Waals surface area contributed by atoms with E-state index in [-0.39, 0.29) is 18.0 Å². The third-order valence-electron chi connectivity index (χ3n) is 4.47. The highest BCUT2D eigenvalue weighted by Gasteiger charge is 2.33. The van der Waals surface area contributed by atoms with Gasteiger partial charge < -0.3 is 15.4 Å². The van der Waals surface area contributed by atoms with Crippen molar-refractivity contribution >= 4 is 12.0 Å². The SMILES string of the molecule is CCOC(=O)C1=C(CN2C[C@H](C)C[C@@H](C)C2)NC(=O)N[C@H]1CC. The highest BCUT2D eigenvalue weighted by atomic mass is 16.5. The van der Waals surface area contributed by atoms with Crippen molar-refractivity contribution in [3.63, 3.8) is 0 Å². The molecule has 2 amide bonds. The molecule has 2 N–H and O–H groups in total. The van der Waals surface area contributed by atoms with Crippen molar-refractivity contribution in [2.75, 3.05) is 26.2 Å². The molecule has 0 radical (unpaired) electrons. The smallest absolute Gasteiger partial charge is 0.337 e. The summed E-state index contributed by atoms with van der Waals surface area (Å²) in [5.74, 6) is 0.925. The van der Waals surface area contributed by atoms with Crippen molar-refractivity contribution in [2.24, 2.45) is 11.8 Å². The van der Waals surface area contributed by atoms with Gasteiger partial charge >= 0.3 is 12.0 Å². The summed E-state index contributed by atoms with van der Waals surface area (Å²) in [6.45, 7) is 11.1. The van der Waals surface area contributed by atoms with Crippen LogP contribution < -0.4 is 10.6 Å². The number of nitrogens with one attached hydrogen (secondary N) is 2. The molecule has 0 aliphatic carbocycles. The summed E-state index contributed by atoms with van der Waals surface area (Å²) in [7, 11) is 0. The third kappa shape index (κ3) is 4.47. The largest absolute Gasteiger partial charge is 0.463 e. The second kappa shape index (κ2) is 7.81. The highest BCUT2D eigenvalue weighted by molar-refractivity contribution is 5.94. The number of urea groups is 1. The van der Waals surface area contributed by atoms with Crippen LogP contribution in [0.5, 0.6) is 0 Å². The summed E-state index contributed by atoms with van der Waals surface area (Å²) in [5.41, 5.74) is 1.26. The van der Waals surface area contributed by atoms with Gasteiger partial charge in [0.1, 0.15) is 0 Å². The molecule has 0 aromatic rings. The van der Waals surface area contributed by atoms with E-state index in [1.165, 1.54) is 6.42 Å². The Hall–Kier alpha value is -1.56. The highest BCUT2D eigenvalue weighted by Crippen LogP contribution is 2.23. The topological polar surface area (TPSA) is 70.7 Å². The number of piperidine rings is 1. The van der Waals surface area contributed by atoms with E-state index in [4.69, 9.17) is 4.74 Å². The molecule has 0 aromatic carbocycles. The summed E-state index contributed by atoms with van der Waals surface area (Å²) >= 11 is 0. The standard InChI is InChI=1S/C17H29N3O3/c1-5-13-15(16(21)23-6-2)14(19-17(22)18-13)10-20-8-11(3)7-12(4)9-20/h11-13H,5-10H2,1-4H3,(H2,18,19,22)/t11-,12-,13+/m1/s1. The molecule has 0 spiro atoms. The molecule has 1 saturated heterocycles. The average Bonchev–Trinajstić information content (AvgIpc) is 2.45. The second-order valence-electron chi connectivity index (χ2n) is 6.81. The third-order valence-corrected chi connectivity index (χ3v) is 4.47. The molecule has 0 aromatic heterocycles. The van der Waals surface area contributed by atoms with E-state index in [2.05, 4.69) is 29.4 Å². The molecule has 0 bridgehead atoms. The fraction of sp³-hybridized carbons (Fsp3) is 0.765. The van der Waals surface area contributed by atoms with Crippen molar-refractivity contribution in [2.45, 2.75) is 46.6 Å². The van der Waals surface area contributed by atoms with Crippen molar-refractivity contribution in [1.82, 2.24) is 15.5 Å². The van der Waals surface area contributed by atoms with Gasteiger partial charge in [0, 0.05) is 25.3 Å². The van der Waals surface area contributed by atoms with E-state index >= 15 is 0 Å². The molecule has 0 unspecified atom stereocenters. The van der Waals surface area contributed by atoms with Crippen LogP contribution in [0, 0.1) is 11.8 Å². The lowest BCUT2D eigenvalue weighted by Crippen LogP contribution is -2.53. The number of likely N-dealkylation sites (tertiary alicyclic amines) is 1. The lowest BCUT2D eigenvalue weighted by atomic mass is 9.91. The van der Waals surface area contributed by atoms with E-state index in [0.717, 1.165) is 13.1 Å². The minimum atomic E-state index is -0.333. The van der Waals surface area contributed by atoms with E-state index < -0.39 is 0 Å². The molecule has 23 heavy (non-hydrogen) atoms. The van der Waals surface area contributed by atoms with Gasteiger partial charge in [-0.2, -0.15) is 0 Å². The van der Waals surface area contributed by atoms with E-state index in [9.17, 15) is 9.59 Å². The van der Waals surface area contributed by atoms with E-state index in [1.807, 2.05) is 6.92 Å². The molecule has 6 heteroatoms. The molecule has 2 aliphatic rings. The zero-order valence-corrected chi connectivity index (χ0v) is 14.6. The predicted octanol–water partition coefficient (Wildman–Crippen LogP) is 1.87. The van der Waals surface area contributed by atoms with E-state index in [0.29, 0.717) is 42.7 Å². The van der Waals surface area contributed by atoms with Gasteiger partial charge in [0.2, 0.25) is 0 Å². The van der Waals surface area contributed by atoms with Gasteiger partial charge in [0.25, 0.3) is 0 Å². The first-order chi connectivity index (χ1) is 10.9. The fourth-order valence-electron chi connectivity index (χ4n) is 3.73. The summed E-state index contributed by atoms with van der Waals surface area (Å²) in [6.07, 6.45) is 1.89. The Morgan fingerprint density at radius 3 is 2.48 bits per heavy atom. The van der Waals surface area contributed by atoms with Gasteiger partial charge in [0.05, 0.1) is 18.2 Å². The Kier molecular flexibility index (Phi) is 6.04. The number of rotatable bonds is 5. The Morgan fingerprint density at radius 2 is 1.91 bits per heavy atom. The fourth-order valence-corrected chi connectivity index (χ4v) is 3.73. The summed E-state index contributed by atoms with van der Waals surface area (Å²) in [4.78, 5) is 26.6. The molecule has 6 nitrogen and oxygen atoms in total. The van der Waals surface area contributed by atoms with Crippen LogP contribution in [0.4, 0.5) is 4.79 Å². The van der Waals surface area contributed by atoms with Gasteiger partial charge in [-0.1, -0.05) is 20.8 Å². The zero-order valence-electron chi connectivity index (χ0n) is 14.6. The Labute approximate surface area is 138 Å². The molecule has 0 saturated carbocycles. The van der Waals surface area contributed by atoms with Gasteiger partial charge in [-0.3, -0.25) is 4.90 Å². The Bertz CT molecular complexity index is 479. The summed E-state index contributed by atoms with van der Waals surface area (Å²) in [5, 5.41) is 5.65. The minimum absolute atomic E-state index is 0.238. The first kappa shape index (κ1) is 17.8. The van der Waals surface area contributed by atoms with Crippen LogP contribution >= 0.6 is 0 Å². The molecular weight excluding hydrogens is 294 g/mol. The molecule has 2 heterocycles. The quantitative estimate of drug-likeness (QED) is 0.758. The number of nitrogens with zero attached hydrogens (tertiary/aromatic N) is 1. The van der Waals surface area contributed by atoms with Crippen LogP contribution in [0.1, 0.15) is 40.5 Å². The first-order valence-corrected chi connectivity index (χ1v) is 8.64. The van der Waals surface area contributed by atoms with E-state index in [1.54, 1.807) is 6.92 Å². The molecule has 3 atom stereocenters. The number of ether oxygens (including phenoxy) is 1. The zero-order chi connectivity index (χ0) is 17.0. The average molecular weight is 323 g/mol. The van der Waals surface area contributed by atoms with Crippen LogP contribution in [0.15, 0.2) is 11.3 Å². The molecule has 1 fully saturated rings. The first-order valence-electron chi connectivity index (χ1n) is 8.64. The second-order valence-corrected chi connectivity index (χ2v) is 6.81. The van der Waals surface area contributed by atoms with Crippen LogP contribution in [0.25, 0.3) is 0 Å². The Morgan fingerprint density at radius 1 is 1.26 bits per heavy atom. The van der Waals surface area contributed by atoms with Crippen molar-refractivity contribution in [3.8, 4) is 0 Å². The lowest BCUT2D eigenvalue weighted by molar-refractivity contribution is -0.139. The van der Waals surface area contributed by atoms with Gasteiger partial charge in [0.15, 0.2) is 0 Å². The minimum Gasteiger partial charge on any atom is -0.463 e. The van der Waals surface area contributed by atoms with Crippen molar-refractivity contribution in [1.29, 1.82) is 0 Å². The number of carbonyl (C=O) groups is 2. The Balaban J connectivity index is 2.24. The monoisotopic (exact) mass is 323 g/mol. The number of hydrogen-bond acceptors (Lipinski definition) is 4. The van der Waals surface area contributed by atoms with Crippen LogP contribution in [0.3, 0.4) is 0 Å². The van der Waals surface area contributed by atoms with Crippen LogP contribution in [-0.4, -0.2) is 49.2 Å². The molecular formula is C17H29N3O3. The summed E-state index contributed by atoms with van der Waals surface area (Å²) < 4.78 is 5.20. The number of hydrogen-bond donors (Lipinski definition) is 2. The molecule has 2 rings (SSSR count). The number of amides is 2. The lowest BCUT2D eigenvalue weighted by Gasteiger charge is -2.37. The van der Waals surface area contributed by atoms with Crippen LogP contribution in [-0.2, 0) is 9.53 Å². The maximum absolute atomic E-state index is 12.4. The number of carbonyl (C=O) groups excluding carboxylic acids is 2. The number of esters is 1. The predicted molar refractivity (Wildman–Crippen MR) is 88.8 cm³/mol. The molecule has 130 valence electrons. The summed E-state index contributed by atoms with van der Waals surface area (Å²) in [6, 6.07) is -0.518. The van der Waals surface area contributed by atoms with Crippen molar-refractivity contribution in [3.05, 3.63) is 11.3 Å². The van der Waals surface area contributed by atoms with Gasteiger partial charge in [-0.25, -0.2) is 9.59 Å².